The van der Waals surface area contributed by atoms with Crippen LogP contribution in [0.1, 0.15) is 6.92 Å². The van der Waals surface area contributed by atoms with Gasteiger partial charge < -0.3 is 14.8 Å². The van der Waals surface area contributed by atoms with E-state index in [1.54, 1.807) is 22.8 Å². The fourth-order valence-corrected chi connectivity index (χ4v) is 6.44. The SMILES string of the molecule is CCn1c(=O)sc2cc(NC(=O)CN(c3ccc(F)cc3)S(=O)(=O)c3ccc4c(c3)OCCO4)ccc21. The van der Waals surface area contributed by atoms with Gasteiger partial charge in [-0.15, -0.1) is 0 Å². The highest BCUT2D eigenvalue weighted by atomic mass is 32.2. The van der Waals surface area contributed by atoms with Crippen LogP contribution in [0.5, 0.6) is 11.5 Å². The fourth-order valence-electron chi connectivity index (χ4n) is 4.01. The summed E-state index contributed by atoms with van der Waals surface area (Å²) in [6, 6.07) is 14.1. The maximum Gasteiger partial charge on any atom is 0.308 e. The van der Waals surface area contributed by atoms with E-state index in [0.29, 0.717) is 29.3 Å². The first kappa shape index (κ1) is 24.8. The first-order valence-electron chi connectivity index (χ1n) is 11.4. The van der Waals surface area contributed by atoms with E-state index in [9.17, 15) is 22.4 Å². The number of nitrogens with one attached hydrogen (secondary N) is 1. The number of carbonyl (C=O) groups excluding carboxylic acids is 1. The van der Waals surface area contributed by atoms with Crippen molar-refractivity contribution in [1.29, 1.82) is 0 Å². The highest BCUT2D eigenvalue weighted by Crippen LogP contribution is 2.34. The van der Waals surface area contributed by atoms with Crippen LogP contribution in [0.3, 0.4) is 0 Å². The summed E-state index contributed by atoms with van der Waals surface area (Å²) in [6.07, 6.45) is 0. The fraction of sp³-hybridized carbons (Fsp3) is 0.200. The molecule has 3 aromatic carbocycles. The lowest BCUT2D eigenvalue weighted by molar-refractivity contribution is -0.114. The van der Waals surface area contributed by atoms with Crippen LogP contribution >= 0.6 is 11.3 Å². The van der Waals surface area contributed by atoms with Crippen molar-refractivity contribution in [3.63, 3.8) is 0 Å². The number of benzene rings is 3. The van der Waals surface area contributed by atoms with E-state index < -0.39 is 28.3 Å². The zero-order chi connectivity index (χ0) is 26.2. The Bertz CT molecular complexity index is 1650. The summed E-state index contributed by atoms with van der Waals surface area (Å²) in [5.41, 5.74) is 1.28. The van der Waals surface area contributed by atoms with Gasteiger partial charge in [0.2, 0.25) is 5.91 Å². The Kier molecular flexibility index (Phi) is 6.61. The van der Waals surface area contributed by atoms with E-state index in [1.165, 1.54) is 30.3 Å². The van der Waals surface area contributed by atoms with Crippen molar-refractivity contribution in [1.82, 2.24) is 4.57 Å². The molecule has 5 rings (SSSR count). The lowest BCUT2D eigenvalue weighted by Gasteiger charge is -2.25. The normalized spacial score (nSPS) is 12.9. The van der Waals surface area contributed by atoms with Gasteiger partial charge in [0.05, 0.1) is 20.8 Å². The second kappa shape index (κ2) is 9.87. The molecule has 1 amide bonds. The predicted octanol–water partition coefficient (Wildman–Crippen LogP) is 3.83. The molecule has 9 nitrogen and oxygen atoms in total. The third kappa shape index (κ3) is 4.89. The van der Waals surface area contributed by atoms with Gasteiger partial charge in [0, 0.05) is 18.3 Å². The molecule has 192 valence electrons. The average Bonchev–Trinajstić information content (AvgIpc) is 3.21. The first-order valence-corrected chi connectivity index (χ1v) is 13.6. The number of aryl methyl sites for hydroxylation is 1. The van der Waals surface area contributed by atoms with Crippen molar-refractivity contribution in [3.8, 4) is 11.5 Å². The summed E-state index contributed by atoms with van der Waals surface area (Å²) in [5.74, 6) is -0.462. The second-order valence-corrected chi connectivity index (χ2v) is 11.0. The molecule has 0 radical (unpaired) electrons. The Morgan fingerprint density at radius 3 is 2.51 bits per heavy atom. The summed E-state index contributed by atoms with van der Waals surface area (Å²) in [7, 11) is -4.26. The Morgan fingerprint density at radius 1 is 1.05 bits per heavy atom. The lowest BCUT2D eigenvalue weighted by Crippen LogP contribution is -2.38. The van der Waals surface area contributed by atoms with Crippen LogP contribution in [0.25, 0.3) is 10.2 Å². The Morgan fingerprint density at radius 2 is 1.78 bits per heavy atom. The maximum absolute atomic E-state index is 13.7. The van der Waals surface area contributed by atoms with E-state index in [0.717, 1.165) is 33.3 Å². The van der Waals surface area contributed by atoms with Gasteiger partial charge in [-0.25, -0.2) is 12.8 Å². The molecule has 1 N–H and O–H groups in total. The zero-order valence-electron chi connectivity index (χ0n) is 19.6. The highest BCUT2D eigenvalue weighted by Gasteiger charge is 2.29. The summed E-state index contributed by atoms with van der Waals surface area (Å²) >= 11 is 1.06. The number of hydrogen-bond acceptors (Lipinski definition) is 7. The van der Waals surface area contributed by atoms with Crippen molar-refractivity contribution in [2.75, 3.05) is 29.4 Å². The number of rotatable bonds is 7. The molecule has 1 aliphatic heterocycles. The van der Waals surface area contributed by atoms with Gasteiger partial charge in [0.1, 0.15) is 25.6 Å². The summed E-state index contributed by atoms with van der Waals surface area (Å²) < 4.78 is 55.1. The van der Waals surface area contributed by atoms with E-state index in [4.69, 9.17) is 9.47 Å². The Hall–Kier alpha value is -3.90. The van der Waals surface area contributed by atoms with Gasteiger partial charge in [-0.05, 0) is 61.5 Å². The molecule has 0 atom stereocenters. The van der Waals surface area contributed by atoms with Gasteiger partial charge in [-0.3, -0.25) is 18.5 Å². The van der Waals surface area contributed by atoms with Gasteiger partial charge >= 0.3 is 4.87 Å². The molecular formula is C25H22FN3O6S2. The van der Waals surface area contributed by atoms with Gasteiger partial charge in [0.25, 0.3) is 10.0 Å². The molecule has 37 heavy (non-hydrogen) atoms. The number of nitrogens with zero attached hydrogens (tertiary/aromatic N) is 2. The van der Waals surface area contributed by atoms with E-state index >= 15 is 0 Å². The predicted molar refractivity (Wildman–Crippen MR) is 139 cm³/mol. The number of hydrogen-bond donors (Lipinski definition) is 1. The van der Waals surface area contributed by atoms with Gasteiger partial charge in [-0.1, -0.05) is 11.3 Å². The van der Waals surface area contributed by atoms with Crippen molar-refractivity contribution in [2.24, 2.45) is 0 Å². The smallest absolute Gasteiger partial charge is 0.308 e. The van der Waals surface area contributed by atoms with E-state index in [-0.39, 0.29) is 27.8 Å². The molecule has 0 bridgehead atoms. The molecule has 0 fully saturated rings. The van der Waals surface area contributed by atoms with Crippen molar-refractivity contribution >= 4 is 48.9 Å². The molecule has 4 aromatic rings. The number of halogens is 1. The van der Waals surface area contributed by atoms with Gasteiger partial charge in [0.15, 0.2) is 11.5 Å². The van der Waals surface area contributed by atoms with Gasteiger partial charge in [-0.2, -0.15) is 0 Å². The summed E-state index contributed by atoms with van der Waals surface area (Å²) in [4.78, 5) is 25.0. The number of thiazole rings is 1. The topological polar surface area (TPSA) is 107 Å². The summed E-state index contributed by atoms with van der Waals surface area (Å²) in [6.45, 7) is 2.45. The van der Waals surface area contributed by atoms with Crippen LogP contribution in [0.15, 0.2) is 70.4 Å². The quantitative estimate of drug-likeness (QED) is 0.380. The second-order valence-electron chi connectivity index (χ2n) is 8.14. The minimum absolute atomic E-state index is 0.103. The first-order chi connectivity index (χ1) is 17.8. The molecular weight excluding hydrogens is 521 g/mol. The van der Waals surface area contributed by atoms with Crippen molar-refractivity contribution in [2.45, 2.75) is 18.4 Å². The molecule has 0 aliphatic carbocycles. The zero-order valence-corrected chi connectivity index (χ0v) is 21.3. The monoisotopic (exact) mass is 543 g/mol. The lowest BCUT2D eigenvalue weighted by atomic mass is 10.3. The molecule has 0 saturated carbocycles. The molecule has 1 aromatic heterocycles. The molecule has 2 heterocycles. The average molecular weight is 544 g/mol. The third-order valence-corrected chi connectivity index (χ3v) is 8.48. The largest absolute Gasteiger partial charge is 0.486 e. The standard InChI is InChI=1S/C25H22FN3O6S2/c1-2-28-20-9-5-17(13-23(20)36-25(28)31)27-24(30)15-29(18-6-3-16(26)4-7-18)37(32,33)19-8-10-21-22(14-19)35-12-11-34-21/h3-10,13-14H,2,11-12,15H2,1H3,(H,27,30). The van der Waals surface area contributed by atoms with Crippen LogP contribution in [0.2, 0.25) is 0 Å². The van der Waals surface area contributed by atoms with Crippen molar-refractivity contribution in [3.05, 3.63) is 76.1 Å². The van der Waals surface area contributed by atoms with Crippen LogP contribution < -0.4 is 24.0 Å². The molecule has 0 saturated heterocycles. The van der Waals surface area contributed by atoms with Crippen LogP contribution in [0, 0.1) is 5.82 Å². The van der Waals surface area contributed by atoms with E-state index in [1.807, 2.05) is 6.92 Å². The minimum Gasteiger partial charge on any atom is -0.486 e. The number of fused-ring (bicyclic) bond motifs is 2. The van der Waals surface area contributed by atoms with Crippen LogP contribution in [-0.2, 0) is 21.4 Å². The van der Waals surface area contributed by atoms with Crippen molar-refractivity contribution < 1.29 is 27.1 Å². The number of aromatic nitrogens is 1. The third-order valence-electron chi connectivity index (χ3n) is 5.77. The molecule has 1 aliphatic rings. The Balaban J connectivity index is 1.45. The van der Waals surface area contributed by atoms with E-state index in [2.05, 4.69) is 5.32 Å². The van der Waals surface area contributed by atoms with Crippen LogP contribution in [0.4, 0.5) is 15.8 Å². The molecule has 0 spiro atoms. The molecule has 0 unspecified atom stereocenters. The number of ether oxygens (including phenoxy) is 2. The Labute approximate surface area is 215 Å². The number of carbonyl (C=O) groups is 1. The number of amides is 1. The highest BCUT2D eigenvalue weighted by molar-refractivity contribution is 7.92. The maximum atomic E-state index is 13.7. The number of sulfonamides is 1. The molecule has 12 heteroatoms. The van der Waals surface area contributed by atoms with Crippen LogP contribution in [-0.4, -0.2) is 38.7 Å². The number of anilines is 2. The summed E-state index contributed by atoms with van der Waals surface area (Å²) in [5, 5.41) is 2.70. The minimum atomic E-state index is -4.26.